The average Bonchev–Trinajstić information content (AvgIpc) is 3.12. The van der Waals surface area contributed by atoms with Crippen LogP contribution in [0, 0.1) is 13.8 Å². The topological polar surface area (TPSA) is 85.8 Å². The molecule has 27 heavy (non-hydrogen) atoms. The maximum atomic E-state index is 12.9. The lowest BCUT2D eigenvalue weighted by Gasteiger charge is -2.09. The first-order chi connectivity index (χ1) is 13.0. The van der Waals surface area contributed by atoms with Gasteiger partial charge in [0.15, 0.2) is 0 Å². The number of hydrogen-bond acceptors (Lipinski definition) is 6. The second-order valence-electron chi connectivity index (χ2n) is 6.39. The first-order valence-corrected chi connectivity index (χ1v) is 8.73. The molecule has 0 unspecified atom stereocenters. The predicted molar refractivity (Wildman–Crippen MR) is 104 cm³/mol. The summed E-state index contributed by atoms with van der Waals surface area (Å²) in [4.78, 5) is 17.4. The molecule has 0 spiro atoms. The summed E-state index contributed by atoms with van der Waals surface area (Å²) in [6, 6.07) is 11.7. The van der Waals surface area contributed by atoms with Crippen LogP contribution in [0.25, 0.3) is 22.5 Å². The van der Waals surface area contributed by atoms with Crippen LogP contribution in [0.3, 0.4) is 0 Å². The van der Waals surface area contributed by atoms with Crippen molar-refractivity contribution < 1.29 is 4.42 Å². The molecule has 3 aromatic heterocycles. The maximum absolute atomic E-state index is 12.9. The van der Waals surface area contributed by atoms with Crippen LogP contribution in [0.2, 0.25) is 0 Å². The molecule has 1 aromatic carbocycles. The van der Waals surface area contributed by atoms with Gasteiger partial charge in [0, 0.05) is 24.1 Å². The Morgan fingerprint density at radius 2 is 1.85 bits per heavy atom. The summed E-state index contributed by atoms with van der Waals surface area (Å²) in [7, 11) is 0. The molecule has 0 fully saturated rings. The summed E-state index contributed by atoms with van der Waals surface area (Å²) in [5.41, 5.74) is 3.70. The molecular formula is C20H19N5O2. The largest absolute Gasteiger partial charge is 0.403 e. The Bertz CT molecular complexity index is 1180. The second-order valence-corrected chi connectivity index (χ2v) is 6.39. The van der Waals surface area contributed by atoms with E-state index < -0.39 is 0 Å². The molecule has 0 saturated carbocycles. The van der Waals surface area contributed by atoms with Gasteiger partial charge in [-0.25, -0.2) is 4.98 Å². The van der Waals surface area contributed by atoms with Crippen molar-refractivity contribution in [1.82, 2.24) is 19.7 Å². The number of aromatic nitrogens is 4. The number of anilines is 2. The van der Waals surface area contributed by atoms with Gasteiger partial charge in [0.1, 0.15) is 11.2 Å². The van der Waals surface area contributed by atoms with Crippen molar-refractivity contribution in [3.8, 4) is 11.5 Å². The summed E-state index contributed by atoms with van der Waals surface area (Å²) in [5, 5.41) is 11.6. The lowest BCUT2D eigenvalue weighted by atomic mass is 10.2. The van der Waals surface area contributed by atoms with Crippen molar-refractivity contribution >= 4 is 22.7 Å². The molecule has 4 rings (SSSR count). The zero-order valence-electron chi connectivity index (χ0n) is 15.4. The highest BCUT2D eigenvalue weighted by molar-refractivity contribution is 5.79. The van der Waals surface area contributed by atoms with Gasteiger partial charge >= 0.3 is 6.01 Å². The van der Waals surface area contributed by atoms with Crippen molar-refractivity contribution in [2.75, 3.05) is 5.32 Å². The van der Waals surface area contributed by atoms with Crippen LogP contribution in [-0.2, 0) is 6.54 Å². The van der Waals surface area contributed by atoms with Gasteiger partial charge in [-0.05, 0) is 45.0 Å². The Labute approximate surface area is 155 Å². The number of pyridine rings is 2. The van der Waals surface area contributed by atoms with Gasteiger partial charge in [0.25, 0.3) is 5.89 Å². The highest BCUT2D eigenvalue weighted by Crippen LogP contribution is 2.22. The third kappa shape index (κ3) is 3.19. The molecule has 136 valence electrons. The standard InChI is InChI=1S/C20H19N5O2/c1-4-25-11-16(17(26)15-10-7-13(3)21-18(15)25)19-23-24-20(27-19)22-14-8-5-12(2)6-9-14/h5-11H,4H2,1-3H3,(H,22,24). The molecule has 0 amide bonds. The molecule has 0 saturated heterocycles. The zero-order chi connectivity index (χ0) is 19.0. The molecule has 0 atom stereocenters. The fraction of sp³-hybridized carbons (Fsp3) is 0.200. The SMILES string of the molecule is CCn1cc(-c2nnc(Nc3ccc(C)cc3)o2)c(=O)c2ccc(C)nc21. The summed E-state index contributed by atoms with van der Waals surface area (Å²) in [6.07, 6.45) is 1.72. The van der Waals surface area contributed by atoms with Crippen LogP contribution in [-0.4, -0.2) is 19.7 Å². The van der Waals surface area contributed by atoms with E-state index in [4.69, 9.17) is 4.42 Å². The van der Waals surface area contributed by atoms with Gasteiger partial charge in [-0.2, -0.15) is 0 Å². The van der Waals surface area contributed by atoms with E-state index in [-0.39, 0.29) is 17.3 Å². The average molecular weight is 361 g/mol. The van der Waals surface area contributed by atoms with Crippen LogP contribution in [0.4, 0.5) is 11.7 Å². The first kappa shape index (κ1) is 17.0. The van der Waals surface area contributed by atoms with Gasteiger partial charge in [-0.1, -0.05) is 22.8 Å². The Morgan fingerprint density at radius 3 is 2.59 bits per heavy atom. The Balaban J connectivity index is 1.75. The van der Waals surface area contributed by atoms with Crippen LogP contribution in [0.5, 0.6) is 0 Å². The summed E-state index contributed by atoms with van der Waals surface area (Å²) >= 11 is 0. The number of nitrogens with zero attached hydrogens (tertiary/aromatic N) is 4. The van der Waals surface area contributed by atoms with Crippen LogP contribution >= 0.6 is 0 Å². The van der Waals surface area contributed by atoms with Gasteiger partial charge in [-0.3, -0.25) is 4.79 Å². The number of aryl methyl sites for hydroxylation is 3. The summed E-state index contributed by atoms with van der Waals surface area (Å²) in [5.74, 6) is 0.180. The van der Waals surface area contributed by atoms with E-state index in [1.807, 2.05) is 55.7 Å². The monoisotopic (exact) mass is 361 g/mol. The molecule has 3 heterocycles. The van der Waals surface area contributed by atoms with Crippen molar-refractivity contribution in [3.63, 3.8) is 0 Å². The van der Waals surface area contributed by atoms with Crippen LogP contribution in [0.1, 0.15) is 18.2 Å². The van der Waals surface area contributed by atoms with Gasteiger partial charge < -0.3 is 14.3 Å². The highest BCUT2D eigenvalue weighted by atomic mass is 16.4. The molecular weight excluding hydrogens is 342 g/mol. The van der Waals surface area contributed by atoms with E-state index in [1.54, 1.807) is 12.3 Å². The maximum Gasteiger partial charge on any atom is 0.320 e. The van der Waals surface area contributed by atoms with Crippen molar-refractivity contribution in [2.24, 2.45) is 0 Å². The fourth-order valence-electron chi connectivity index (χ4n) is 2.90. The minimum atomic E-state index is -0.173. The lowest BCUT2D eigenvalue weighted by molar-refractivity contribution is 0.586. The van der Waals surface area contributed by atoms with E-state index >= 15 is 0 Å². The summed E-state index contributed by atoms with van der Waals surface area (Å²) in [6.45, 7) is 6.58. The molecule has 0 bridgehead atoms. The van der Waals surface area contributed by atoms with E-state index in [0.717, 1.165) is 16.9 Å². The third-order valence-electron chi connectivity index (χ3n) is 4.36. The van der Waals surface area contributed by atoms with Crippen molar-refractivity contribution in [1.29, 1.82) is 0 Å². The molecule has 7 heteroatoms. The van der Waals surface area contributed by atoms with E-state index in [9.17, 15) is 4.79 Å². The Kier molecular flexibility index (Phi) is 4.19. The molecule has 1 N–H and O–H groups in total. The second kappa shape index (κ2) is 6.68. The number of rotatable bonds is 4. The van der Waals surface area contributed by atoms with Crippen LogP contribution in [0.15, 0.2) is 51.8 Å². The molecule has 0 radical (unpaired) electrons. The van der Waals surface area contributed by atoms with Gasteiger partial charge in [0.05, 0.1) is 5.39 Å². The molecule has 0 aliphatic carbocycles. The number of fused-ring (bicyclic) bond motifs is 1. The number of nitrogens with one attached hydrogen (secondary N) is 1. The van der Waals surface area contributed by atoms with Gasteiger partial charge in [0.2, 0.25) is 5.43 Å². The quantitative estimate of drug-likeness (QED) is 0.594. The number of benzene rings is 1. The van der Waals surface area contributed by atoms with Crippen molar-refractivity contribution in [2.45, 2.75) is 27.3 Å². The summed E-state index contributed by atoms with van der Waals surface area (Å²) < 4.78 is 7.60. The normalized spacial score (nSPS) is 11.1. The molecule has 0 aliphatic heterocycles. The third-order valence-corrected chi connectivity index (χ3v) is 4.36. The number of hydrogen-bond donors (Lipinski definition) is 1. The van der Waals surface area contributed by atoms with E-state index in [2.05, 4.69) is 20.5 Å². The van der Waals surface area contributed by atoms with E-state index in [0.29, 0.717) is 23.1 Å². The lowest BCUT2D eigenvalue weighted by Crippen LogP contribution is -2.13. The van der Waals surface area contributed by atoms with Gasteiger partial charge in [-0.15, -0.1) is 5.10 Å². The minimum absolute atomic E-state index is 0.173. The smallest absolute Gasteiger partial charge is 0.320 e. The Hall–Kier alpha value is -3.48. The zero-order valence-corrected chi connectivity index (χ0v) is 15.4. The predicted octanol–water partition coefficient (Wildman–Crippen LogP) is 3.83. The fourth-order valence-corrected chi connectivity index (χ4v) is 2.90. The molecule has 4 aromatic rings. The Morgan fingerprint density at radius 1 is 1.07 bits per heavy atom. The van der Waals surface area contributed by atoms with Crippen LogP contribution < -0.4 is 10.7 Å². The minimum Gasteiger partial charge on any atom is -0.403 e. The highest BCUT2D eigenvalue weighted by Gasteiger charge is 2.17. The molecule has 7 nitrogen and oxygen atoms in total. The van der Waals surface area contributed by atoms with Crippen molar-refractivity contribution in [3.05, 3.63) is 64.1 Å². The molecule has 0 aliphatic rings. The first-order valence-electron chi connectivity index (χ1n) is 8.73. The van der Waals surface area contributed by atoms with E-state index in [1.165, 1.54) is 0 Å².